The third kappa shape index (κ3) is 2.71. The Balaban J connectivity index is 1.67. The van der Waals surface area contributed by atoms with Crippen LogP contribution in [-0.2, 0) is 19.4 Å². The summed E-state index contributed by atoms with van der Waals surface area (Å²) in [7, 11) is 0. The van der Waals surface area contributed by atoms with Crippen LogP contribution >= 0.6 is 11.3 Å². The van der Waals surface area contributed by atoms with Gasteiger partial charge < -0.3 is 10.3 Å². The van der Waals surface area contributed by atoms with Gasteiger partial charge in [0.2, 0.25) is 0 Å². The first-order chi connectivity index (χ1) is 9.22. The Kier molecular flexibility index (Phi) is 3.38. The van der Waals surface area contributed by atoms with E-state index in [9.17, 15) is 4.79 Å². The van der Waals surface area contributed by atoms with E-state index in [0.29, 0.717) is 6.54 Å². The van der Waals surface area contributed by atoms with Crippen molar-refractivity contribution in [1.29, 1.82) is 0 Å². The Morgan fingerprint density at radius 1 is 1.63 bits per heavy atom. The van der Waals surface area contributed by atoms with E-state index in [2.05, 4.69) is 28.3 Å². The standard InChI is InChI=1S/C14H17N3OS/c1-9-2-3-11-10(6-9)7-12(19-11)14(18)17-8-13-15-4-5-16-13/h4-5,7,9H,2-3,6,8H2,1H3,(H,15,16)(H,17,18). The van der Waals surface area contributed by atoms with Gasteiger partial charge in [0.15, 0.2) is 0 Å². The molecule has 0 aliphatic heterocycles. The van der Waals surface area contributed by atoms with Gasteiger partial charge in [0, 0.05) is 17.3 Å². The molecule has 19 heavy (non-hydrogen) atoms. The van der Waals surface area contributed by atoms with E-state index in [1.807, 2.05) is 0 Å². The largest absolute Gasteiger partial charge is 0.347 e. The number of aryl methyl sites for hydroxylation is 1. The lowest BCUT2D eigenvalue weighted by molar-refractivity contribution is 0.0954. The van der Waals surface area contributed by atoms with Crippen LogP contribution < -0.4 is 5.32 Å². The van der Waals surface area contributed by atoms with Gasteiger partial charge >= 0.3 is 0 Å². The van der Waals surface area contributed by atoms with Crippen molar-refractivity contribution < 1.29 is 4.79 Å². The number of nitrogens with zero attached hydrogens (tertiary/aromatic N) is 1. The molecule has 0 bridgehead atoms. The fourth-order valence-electron chi connectivity index (χ4n) is 2.46. The number of hydrogen-bond acceptors (Lipinski definition) is 3. The lowest BCUT2D eigenvalue weighted by Crippen LogP contribution is -2.22. The van der Waals surface area contributed by atoms with Crippen molar-refractivity contribution in [2.45, 2.75) is 32.7 Å². The number of rotatable bonds is 3. The Hall–Kier alpha value is -1.62. The maximum Gasteiger partial charge on any atom is 0.261 e. The Labute approximate surface area is 116 Å². The van der Waals surface area contributed by atoms with Gasteiger partial charge in [0.25, 0.3) is 5.91 Å². The number of H-pyrrole nitrogens is 1. The molecule has 1 aliphatic carbocycles. The summed E-state index contributed by atoms with van der Waals surface area (Å²) in [4.78, 5) is 21.4. The molecule has 0 spiro atoms. The molecule has 0 saturated carbocycles. The molecule has 1 atom stereocenters. The highest BCUT2D eigenvalue weighted by Crippen LogP contribution is 2.32. The smallest absolute Gasteiger partial charge is 0.261 e. The molecule has 2 aromatic rings. The van der Waals surface area contributed by atoms with Crippen molar-refractivity contribution in [3.63, 3.8) is 0 Å². The molecular weight excluding hydrogens is 258 g/mol. The van der Waals surface area contributed by atoms with Crippen molar-refractivity contribution >= 4 is 17.2 Å². The molecular formula is C14H17N3OS. The second-order valence-electron chi connectivity index (χ2n) is 5.13. The number of fused-ring (bicyclic) bond motifs is 1. The number of carbonyl (C=O) groups excluding carboxylic acids is 1. The second kappa shape index (κ2) is 5.17. The average Bonchev–Trinajstić information content (AvgIpc) is 3.04. The van der Waals surface area contributed by atoms with Gasteiger partial charge in [-0.25, -0.2) is 4.98 Å². The first-order valence-electron chi connectivity index (χ1n) is 6.60. The maximum absolute atomic E-state index is 12.1. The normalized spacial score (nSPS) is 18.1. The number of nitrogens with one attached hydrogen (secondary N) is 2. The Bertz CT molecular complexity index is 574. The van der Waals surface area contributed by atoms with Gasteiger partial charge in [0.05, 0.1) is 11.4 Å². The topological polar surface area (TPSA) is 57.8 Å². The van der Waals surface area contributed by atoms with E-state index in [4.69, 9.17) is 0 Å². The number of imidazole rings is 1. The number of aromatic nitrogens is 2. The highest BCUT2D eigenvalue weighted by molar-refractivity contribution is 7.14. The number of aromatic amines is 1. The highest BCUT2D eigenvalue weighted by Gasteiger charge is 2.20. The predicted octanol–water partition coefficient (Wildman–Crippen LogP) is 2.53. The lowest BCUT2D eigenvalue weighted by Gasteiger charge is -2.16. The van der Waals surface area contributed by atoms with E-state index in [0.717, 1.165) is 29.5 Å². The molecule has 0 saturated heterocycles. The third-order valence-corrected chi connectivity index (χ3v) is 4.76. The van der Waals surface area contributed by atoms with E-state index in [1.54, 1.807) is 23.7 Å². The van der Waals surface area contributed by atoms with Crippen LogP contribution in [0.15, 0.2) is 18.5 Å². The number of amides is 1. The van der Waals surface area contributed by atoms with E-state index in [1.165, 1.54) is 16.9 Å². The minimum atomic E-state index is 0.00320. The molecule has 100 valence electrons. The quantitative estimate of drug-likeness (QED) is 0.904. The lowest BCUT2D eigenvalue weighted by atomic mass is 9.90. The van der Waals surface area contributed by atoms with Gasteiger partial charge in [-0.05, 0) is 36.8 Å². The Morgan fingerprint density at radius 2 is 2.53 bits per heavy atom. The average molecular weight is 275 g/mol. The minimum Gasteiger partial charge on any atom is -0.347 e. The molecule has 1 amide bonds. The molecule has 1 aliphatic rings. The molecule has 4 nitrogen and oxygen atoms in total. The van der Waals surface area contributed by atoms with Crippen molar-refractivity contribution in [3.8, 4) is 0 Å². The Morgan fingerprint density at radius 3 is 3.32 bits per heavy atom. The van der Waals surface area contributed by atoms with Crippen LogP contribution in [0.1, 0.15) is 39.3 Å². The summed E-state index contributed by atoms with van der Waals surface area (Å²) in [6.45, 7) is 2.72. The highest BCUT2D eigenvalue weighted by atomic mass is 32.1. The van der Waals surface area contributed by atoms with Crippen LogP contribution in [0.5, 0.6) is 0 Å². The van der Waals surface area contributed by atoms with Gasteiger partial charge in [-0.2, -0.15) is 0 Å². The fourth-order valence-corrected chi connectivity index (χ4v) is 3.59. The molecule has 2 aromatic heterocycles. The van der Waals surface area contributed by atoms with Crippen LogP contribution in [0.3, 0.4) is 0 Å². The van der Waals surface area contributed by atoms with Crippen LogP contribution in [0.4, 0.5) is 0 Å². The maximum atomic E-state index is 12.1. The first kappa shape index (κ1) is 12.4. The summed E-state index contributed by atoms with van der Waals surface area (Å²) in [5, 5.41) is 2.90. The summed E-state index contributed by atoms with van der Waals surface area (Å²) >= 11 is 1.64. The van der Waals surface area contributed by atoms with Crippen molar-refractivity contribution in [3.05, 3.63) is 39.6 Å². The van der Waals surface area contributed by atoms with Crippen LogP contribution in [0, 0.1) is 5.92 Å². The van der Waals surface area contributed by atoms with Gasteiger partial charge in [-0.15, -0.1) is 11.3 Å². The van der Waals surface area contributed by atoms with E-state index in [-0.39, 0.29) is 5.91 Å². The summed E-state index contributed by atoms with van der Waals surface area (Å²) in [5.74, 6) is 1.52. The van der Waals surface area contributed by atoms with Crippen LogP contribution in [0.2, 0.25) is 0 Å². The molecule has 0 radical (unpaired) electrons. The van der Waals surface area contributed by atoms with Gasteiger partial charge in [-0.3, -0.25) is 4.79 Å². The number of hydrogen-bond donors (Lipinski definition) is 2. The fraction of sp³-hybridized carbons (Fsp3) is 0.429. The van der Waals surface area contributed by atoms with Crippen molar-refractivity contribution in [1.82, 2.24) is 15.3 Å². The minimum absolute atomic E-state index is 0.00320. The molecule has 0 aromatic carbocycles. The van der Waals surface area contributed by atoms with E-state index < -0.39 is 0 Å². The second-order valence-corrected chi connectivity index (χ2v) is 6.26. The zero-order valence-electron chi connectivity index (χ0n) is 10.9. The van der Waals surface area contributed by atoms with Crippen LogP contribution in [0.25, 0.3) is 0 Å². The molecule has 1 unspecified atom stereocenters. The zero-order valence-corrected chi connectivity index (χ0v) is 11.7. The summed E-state index contributed by atoms with van der Waals surface area (Å²) in [6, 6.07) is 2.06. The third-order valence-electron chi connectivity index (χ3n) is 3.52. The van der Waals surface area contributed by atoms with Crippen molar-refractivity contribution in [2.75, 3.05) is 0 Å². The summed E-state index contributed by atoms with van der Waals surface area (Å²) in [6.07, 6.45) is 6.91. The van der Waals surface area contributed by atoms with Gasteiger partial charge in [-0.1, -0.05) is 6.92 Å². The summed E-state index contributed by atoms with van der Waals surface area (Å²) < 4.78 is 0. The van der Waals surface area contributed by atoms with Crippen molar-refractivity contribution in [2.24, 2.45) is 5.92 Å². The first-order valence-corrected chi connectivity index (χ1v) is 7.42. The SMILES string of the molecule is CC1CCc2sc(C(=O)NCc3ncc[nH]3)cc2C1. The number of carbonyl (C=O) groups is 1. The molecule has 2 heterocycles. The molecule has 5 heteroatoms. The molecule has 0 fully saturated rings. The van der Waals surface area contributed by atoms with Gasteiger partial charge in [0.1, 0.15) is 5.82 Å². The molecule has 2 N–H and O–H groups in total. The monoisotopic (exact) mass is 275 g/mol. The number of thiophene rings is 1. The van der Waals surface area contributed by atoms with E-state index >= 15 is 0 Å². The van der Waals surface area contributed by atoms with Crippen LogP contribution in [-0.4, -0.2) is 15.9 Å². The predicted molar refractivity (Wildman–Crippen MR) is 75.3 cm³/mol. The molecule has 3 rings (SSSR count). The summed E-state index contributed by atoms with van der Waals surface area (Å²) in [5.41, 5.74) is 1.37. The zero-order chi connectivity index (χ0) is 13.2.